The van der Waals surface area contributed by atoms with Crippen LogP contribution in [0, 0.1) is 5.41 Å². The van der Waals surface area contributed by atoms with Crippen LogP contribution in [0.4, 0.5) is 0 Å². The van der Waals surface area contributed by atoms with Gasteiger partial charge in [-0.3, -0.25) is 4.79 Å². The summed E-state index contributed by atoms with van der Waals surface area (Å²) < 4.78 is 0. The summed E-state index contributed by atoms with van der Waals surface area (Å²) in [4.78, 5) is 15.0. The van der Waals surface area contributed by atoms with E-state index in [1.807, 2.05) is 0 Å². The molecule has 3 nitrogen and oxygen atoms in total. The Hall–Kier alpha value is -0.570. The molecule has 0 aromatic heterocycles. The summed E-state index contributed by atoms with van der Waals surface area (Å²) in [5, 5.41) is 3.37. The van der Waals surface area contributed by atoms with Gasteiger partial charge in [-0.25, -0.2) is 0 Å². The van der Waals surface area contributed by atoms with Crippen LogP contribution >= 0.6 is 0 Å². The van der Waals surface area contributed by atoms with Crippen molar-refractivity contribution >= 4 is 5.91 Å². The maximum atomic E-state index is 12.8. The molecule has 0 spiro atoms. The fraction of sp³-hybridized carbons (Fsp3) is 0.929. The molecule has 2 unspecified atom stereocenters. The predicted octanol–water partition coefficient (Wildman–Crippen LogP) is 2.17. The van der Waals surface area contributed by atoms with E-state index in [0.717, 1.165) is 32.5 Å². The topological polar surface area (TPSA) is 32.3 Å². The minimum atomic E-state index is -0.0986. The van der Waals surface area contributed by atoms with Crippen molar-refractivity contribution in [1.82, 2.24) is 10.2 Å². The molecule has 2 rings (SSSR count). The van der Waals surface area contributed by atoms with E-state index in [2.05, 4.69) is 24.1 Å². The number of hydrogen-bond acceptors (Lipinski definition) is 2. The zero-order valence-electron chi connectivity index (χ0n) is 11.3. The maximum Gasteiger partial charge on any atom is 0.230 e. The highest BCUT2D eigenvalue weighted by Gasteiger charge is 2.43. The SMILES string of the molecule is CCC1(C(=O)N2CCCCCC2C)CCNC1. The third-order valence-electron chi connectivity index (χ3n) is 4.69. The van der Waals surface area contributed by atoms with Crippen LogP contribution in [0.1, 0.15) is 52.4 Å². The minimum absolute atomic E-state index is 0.0986. The number of likely N-dealkylation sites (tertiary alicyclic amines) is 1. The second-order valence-electron chi connectivity index (χ2n) is 5.76. The molecule has 3 heteroatoms. The summed E-state index contributed by atoms with van der Waals surface area (Å²) in [7, 11) is 0. The molecule has 1 N–H and O–H groups in total. The fourth-order valence-corrected chi connectivity index (χ4v) is 3.26. The Morgan fingerprint density at radius 1 is 1.41 bits per heavy atom. The van der Waals surface area contributed by atoms with Gasteiger partial charge in [-0.1, -0.05) is 19.8 Å². The number of rotatable bonds is 2. The van der Waals surface area contributed by atoms with Gasteiger partial charge in [-0.15, -0.1) is 0 Å². The lowest BCUT2D eigenvalue weighted by Gasteiger charge is -2.36. The normalized spacial score (nSPS) is 34.7. The van der Waals surface area contributed by atoms with E-state index in [4.69, 9.17) is 0 Å². The molecule has 0 aromatic rings. The molecule has 2 fully saturated rings. The highest BCUT2D eigenvalue weighted by atomic mass is 16.2. The van der Waals surface area contributed by atoms with Gasteiger partial charge < -0.3 is 10.2 Å². The molecule has 98 valence electrons. The van der Waals surface area contributed by atoms with Crippen LogP contribution in [-0.4, -0.2) is 36.5 Å². The number of nitrogens with zero attached hydrogens (tertiary/aromatic N) is 1. The molecule has 2 heterocycles. The van der Waals surface area contributed by atoms with E-state index in [-0.39, 0.29) is 5.41 Å². The Labute approximate surface area is 105 Å². The van der Waals surface area contributed by atoms with Gasteiger partial charge in [0, 0.05) is 19.1 Å². The largest absolute Gasteiger partial charge is 0.339 e. The van der Waals surface area contributed by atoms with Crippen molar-refractivity contribution in [3.05, 3.63) is 0 Å². The summed E-state index contributed by atoms with van der Waals surface area (Å²) in [6.07, 6.45) is 6.92. The number of hydrogen-bond donors (Lipinski definition) is 1. The molecular formula is C14H26N2O. The molecule has 0 bridgehead atoms. The third kappa shape index (κ3) is 2.49. The second-order valence-corrected chi connectivity index (χ2v) is 5.76. The summed E-state index contributed by atoms with van der Waals surface area (Å²) in [5.41, 5.74) is -0.0986. The average Bonchev–Trinajstić information content (AvgIpc) is 2.73. The zero-order valence-corrected chi connectivity index (χ0v) is 11.3. The Kier molecular flexibility index (Phi) is 4.08. The fourth-order valence-electron chi connectivity index (χ4n) is 3.26. The van der Waals surface area contributed by atoms with Gasteiger partial charge in [0.1, 0.15) is 0 Å². The molecule has 0 aromatic carbocycles. The van der Waals surface area contributed by atoms with Gasteiger partial charge in [0.05, 0.1) is 5.41 Å². The Balaban J connectivity index is 2.11. The van der Waals surface area contributed by atoms with Crippen LogP contribution in [0.25, 0.3) is 0 Å². The van der Waals surface area contributed by atoms with Crippen LogP contribution in [-0.2, 0) is 4.79 Å². The van der Waals surface area contributed by atoms with Crippen molar-refractivity contribution < 1.29 is 4.79 Å². The molecule has 2 atom stereocenters. The van der Waals surface area contributed by atoms with E-state index < -0.39 is 0 Å². The van der Waals surface area contributed by atoms with E-state index in [1.165, 1.54) is 25.7 Å². The van der Waals surface area contributed by atoms with Crippen LogP contribution in [0.2, 0.25) is 0 Å². The molecule has 17 heavy (non-hydrogen) atoms. The minimum Gasteiger partial charge on any atom is -0.339 e. The first kappa shape index (κ1) is 12.9. The number of carbonyl (C=O) groups excluding carboxylic acids is 1. The van der Waals surface area contributed by atoms with E-state index in [1.54, 1.807) is 0 Å². The van der Waals surface area contributed by atoms with Crippen molar-refractivity contribution in [2.45, 2.75) is 58.4 Å². The molecule has 0 aliphatic carbocycles. The van der Waals surface area contributed by atoms with Gasteiger partial charge in [-0.05, 0) is 39.2 Å². The first-order valence-electron chi connectivity index (χ1n) is 7.21. The van der Waals surface area contributed by atoms with Gasteiger partial charge in [0.25, 0.3) is 0 Å². The van der Waals surface area contributed by atoms with Crippen molar-refractivity contribution in [2.24, 2.45) is 5.41 Å². The lowest BCUT2D eigenvalue weighted by molar-refractivity contribution is -0.143. The van der Waals surface area contributed by atoms with Gasteiger partial charge in [0.15, 0.2) is 0 Å². The van der Waals surface area contributed by atoms with E-state index in [9.17, 15) is 4.79 Å². The summed E-state index contributed by atoms with van der Waals surface area (Å²) in [6.45, 7) is 7.23. The molecular weight excluding hydrogens is 212 g/mol. The standard InChI is InChI=1S/C14H26N2O/c1-3-14(8-9-15-11-14)13(17)16-10-6-4-5-7-12(16)2/h12,15H,3-11H2,1-2H3. The van der Waals surface area contributed by atoms with Crippen molar-refractivity contribution in [2.75, 3.05) is 19.6 Å². The lowest BCUT2D eigenvalue weighted by Crippen LogP contribution is -2.48. The van der Waals surface area contributed by atoms with Crippen molar-refractivity contribution in [3.63, 3.8) is 0 Å². The summed E-state index contributed by atoms with van der Waals surface area (Å²) in [5.74, 6) is 0.416. The van der Waals surface area contributed by atoms with Gasteiger partial charge in [0.2, 0.25) is 5.91 Å². The number of carbonyl (C=O) groups is 1. The number of amides is 1. The molecule has 1 amide bonds. The van der Waals surface area contributed by atoms with Crippen LogP contribution < -0.4 is 5.32 Å². The Morgan fingerprint density at radius 3 is 2.88 bits per heavy atom. The Morgan fingerprint density at radius 2 is 2.24 bits per heavy atom. The first-order valence-corrected chi connectivity index (χ1v) is 7.21. The quantitative estimate of drug-likeness (QED) is 0.799. The molecule has 0 saturated carbocycles. The summed E-state index contributed by atoms with van der Waals surface area (Å²) in [6, 6.07) is 0.439. The lowest BCUT2D eigenvalue weighted by atomic mass is 9.82. The molecule has 2 saturated heterocycles. The van der Waals surface area contributed by atoms with Crippen LogP contribution in [0.3, 0.4) is 0 Å². The maximum absolute atomic E-state index is 12.8. The monoisotopic (exact) mass is 238 g/mol. The molecule has 2 aliphatic heterocycles. The van der Waals surface area contributed by atoms with Gasteiger partial charge in [-0.2, -0.15) is 0 Å². The van der Waals surface area contributed by atoms with Crippen molar-refractivity contribution in [3.8, 4) is 0 Å². The van der Waals surface area contributed by atoms with Crippen molar-refractivity contribution in [1.29, 1.82) is 0 Å². The van der Waals surface area contributed by atoms with Gasteiger partial charge >= 0.3 is 0 Å². The first-order chi connectivity index (χ1) is 8.19. The third-order valence-corrected chi connectivity index (χ3v) is 4.69. The molecule has 2 aliphatic rings. The van der Waals surface area contributed by atoms with Crippen LogP contribution in [0.5, 0.6) is 0 Å². The van der Waals surface area contributed by atoms with E-state index in [0.29, 0.717) is 11.9 Å². The highest BCUT2D eigenvalue weighted by molar-refractivity contribution is 5.83. The predicted molar refractivity (Wildman–Crippen MR) is 69.9 cm³/mol. The smallest absolute Gasteiger partial charge is 0.230 e. The summed E-state index contributed by atoms with van der Waals surface area (Å²) >= 11 is 0. The van der Waals surface area contributed by atoms with E-state index >= 15 is 0 Å². The average molecular weight is 238 g/mol. The second kappa shape index (κ2) is 5.38. The Bertz CT molecular complexity index is 271. The zero-order chi connectivity index (χ0) is 12.3. The number of nitrogens with one attached hydrogen (secondary N) is 1. The molecule has 0 radical (unpaired) electrons. The van der Waals surface area contributed by atoms with Crippen LogP contribution in [0.15, 0.2) is 0 Å². The highest BCUT2D eigenvalue weighted by Crippen LogP contribution is 2.33.